The summed E-state index contributed by atoms with van der Waals surface area (Å²) in [6.45, 7) is 2.49. The summed E-state index contributed by atoms with van der Waals surface area (Å²) in [6, 6.07) is 12.6. The van der Waals surface area contributed by atoms with Gasteiger partial charge in [-0.15, -0.1) is 0 Å². The van der Waals surface area contributed by atoms with Gasteiger partial charge in [0.15, 0.2) is 12.6 Å². The van der Waals surface area contributed by atoms with Gasteiger partial charge in [0.2, 0.25) is 5.88 Å². The third-order valence-corrected chi connectivity index (χ3v) is 3.35. The Morgan fingerprint density at radius 1 is 1.11 bits per heavy atom. The molecule has 0 aliphatic heterocycles. The summed E-state index contributed by atoms with van der Waals surface area (Å²) >= 11 is 0. The van der Waals surface area contributed by atoms with Crippen LogP contribution in [0.5, 0.6) is 11.6 Å². The lowest BCUT2D eigenvalue weighted by atomic mass is 10.3. The van der Waals surface area contributed by atoms with E-state index in [2.05, 4.69) is 25.3 Å². The third-order valence-electron chi connectivity index (χ3n) is 3.35. The average molecular weight is 396 g/mol. The Hall–Kier alpha value is -2.97. The van der Waals surface area contributed by atoms with Crippen molar-refractivity contribution in [3.63, 3.8) is 0 Å². The van der Waals surface area contributed by atoms with Gasteiger partial charge in [-0.3, -0.25) is 0 Å². The highest BCUT2D eigenvalue weighted by atomic mass is 19.4. The maximum absolute atomic E-state index is 12.2. The minimum atomic E-state index is -4.40. The fourth-order valence-corrected chi connectivity index (χ4v) is 2.15. The second-order valence-corrected chi connectivity index (χ2v) is 5.69. The van der Waals surface area contributed by atoms with Gasteiger partial charge in [-0.05, 0) is 30.7 Å². The number of aliphatic imine (C=N–C) groups is 1. The van der Waals surface area contributed by atoms with Gasteiger partial charge in [-0.1, -0.05) is 18.2 Å². The molecule has 1 heterocycles. The van der Waals surface area contributed by atoms with Crippen molar-refractivity contribution in [2.75, 3.05) is 26.3 Å². The van der Waals surface area contributed by atoms with E-state index in [0.717, 1.165) is 5.75 Å². The monoisotopic (exact) mass is 396 g/mol. The molecule has 2 rings (SSSR count). The van der Waals surface area contributed by atoms with E-state index in [1.165, 1.54) is 12.3 Å². The van der Waals surface area contributed by atoms with E-state index in [4.69, 9.17) is 4.74 Å². The van der Waals surface area contributed by atoms with Crippen molar-refractivity contribution < 1.29 is 22.6 Å². The Kier molecular flexibility index (Phi) is 8.38. The van der Waals surface area contributed by atoms with Crippen molar-refractivity contribution in [3.8, 4) is 11.6 Å². The molecule has 0 amide bonds. The van der Waals surface area contributed by atoms with Crippen LogP contribution in [0.1, 0.15) is 12.5 Å². The first-order valence-corrected chi connectivity index (χ1v) is 8.81. The second-order valence-electron chi connectivity index (χ2n) is 5.69. The van der Waals surface area contributed by atoms with E-state index in [-0.39, 0.29) is 12.4 Å². The molecule has 1 aromatic heterocycles. The predicted molar refractivity (Wildman–Crippen MR) is 101 cm³/mol. The molecule has 0 fully saturated rings. The molecule has 9 heteroatoms. The van der Waals surface area contributed by atoms with E-state index in [0.29, 0.717) is 31.2 Å². The quantitative estimate of drug-likeness (QED) is 0.387. The largest absolute Gasteiger partial charge is 0.492 e. The molecule has 2 aromatic rings. The number of guanidine groups is 1. The Labute approximate surface area is 161 Å². The van der Waals surface area contributed by atoms with Crippen LogP contribution < -0.4 is 20.1 Å². The minimum Gasteiger partial charge on any atom is -0.492 e. The molecule has 0 radical (unpaired) electrons. The smallest absolute Gasteiger partial charge is 0.422 e. The van der Waals surface area contributed by atoms with Crippen molar-refractivity contribution in [1.29, 1.82) is 0 Å². The van der Waals surface area contributed by atoms with Gasteiger partial charge in [-0.2, -0.15) is 13.2 Å². The SMILES string of the molecule is CCNC(=NCc1ccnc(OCC(F)(F)F)c1)NCCOc1ccccc1. The maximum Gasteiger partial charge on any atom is 0.422 e. The zero-order valence-electron chi connectivity index (χ0n) is 15.5. The van der Waals surface area contributed by atoms with Crippen LogP contribution in [0.4, 0.5) is 13.2 Å². The van der Waals surface area contributed by atoms with Crippen molar-refractivity contribution in [3.05, 3.63) is 54.2 Å². The molecule has 28 heavy (non-hydrogen) atoms. The molecule has 1 aromatic carbocycles. The van der Waals surface area contributed by atoms with Crippen LogP contribution in [-0.2, 0) is 6.54 Å². The van der Waals surface area contributed by atoms with Crippen LogP contribution in [0.15, 0.2) is 53.7 Å². The molecule has 6 nitrogen and oxygen atoms in total. The molecule has 0 spiro atoms. The van der Waals surface area contributed by atoms with E-state index in [1.807, 2.05) is 37.3 Å². The van der Waals surface area contributed by atoms with Crippen LogP contribution >= 0.6 is 0 Å². The lowest BCUT2D eigenvalue weighted by molar-refractivity contribution is -0.154. The number of pyridine rings is 1. The van der Waals surface area contributed by atoms with Gasteiger partial charge in [0.25, 0.3) is 0 Å². The summed E-state index contributed by atoms with van der Waals surface area (Å²) in [5.41, 5.74) is 0.685. The van der Waals surface area contributed by atoms with E-state index in [9.17, 15) is 13.2 Å². The van der Waals surface area contributed by atoms with Gasteiger partial charge < -0.3 is 20.1 Å². The molecular weight excluding hydrogens is 373 g/mol. The lowest BCUT2D eigenvalue weighted by Gasteiger charge is -2.12. The number of alkyl halides is 3. The van der Waals surface area contributed by atoms with Crippen molar-refractivity contribution in [1.82, 2.24) is 15.6 Å². The number of aromatic nitrogens is 1. The van der Waals surface area contributed by atoms with E-state index >= 15 is 0 Å². The zero-order valence-corrected chi connectivity index (χ0v) is 15.5. The number of para-hydroxylation sites is 1. The third kappa shape index (κ3) is 8.61. The van der Waals surface area contributed by atoms with Gasteiger partial charge in [-0.25, -0.2) is 9.98 Å². The zero-order chi connectivity index (χ0) is 20.2. The van der Waals surface area contributed by atoms with Crippen LogP contribution in [0.3, 0.4) is 0 Å². The highest BCUT2D eigenvalue weighted by molar-refractivity contribution is 5.79. The van der Waals surface area contributed by atoms with Crippen LogP contribution in [0, 0.1) is 0 Å². The molecule has 0 unspecified atom stereocenters. The van der Waals surface area contributed by atoms with Gasteiger partial charge >= 0.3 is 6.18 Å². The second kappa shape index (κ2) is 11.0. The number of nitrogens with one attached hydrogen (secondary N) is 2. The molecule has 0 aliphatic carbocycles. The summed E-state index contributed by atoms with van der Waals surface area (Å²) in [5.74, 6) is 1.28. The fourth-order valence-electron chi connectivity index (χ4n) is 2.15. The summed E-state index contributed by atoms with van der Waals surface area (Å²) in [5, 5.41) is 6.24. The van der Waals surface area contributed by atoms with Gasteiger partial charge in [0.05, 0.1) is 13.1 Å². The van der Waals surface area contributed by atoms with Gasteiger partial charge in [0.1, 0.15) is 12.4 Å². The summed E-state index contributed by atoms with van der Waals surface area (Å²) in [6.07, 6.45) is -3.01. The number of ether oxygens (including phenoxy) is 2. The Morgan fingerprint density at radius 3 is 2.61 bits per heavy atom. The molecule has 0 aliphatic rings. The normalized spacial score (nSPS) is 11.8. The first-order chi connectivity index (χ1) is 13.5. The van der Waals surface area contributed by atoms with E-state index < -0.39 is 12.8 Å². The number of halogens is 3. The van der Waals surface area contributed by atoms with Crippen molar-refractivity contribution in [2.45, 2.75) is 19.6 Å². The fraction of sp³-hybridized carbons (Fsp3) is 0.368. The number of nitrogens with zero attached hydrogens (tertiary/aromatic N) is 2. The molecule has 0 saturated heterocycles. The standard InChI is InChI=1S/C19H23F3N4O2/c1-2-23-18(25-10-11-27-16-6-4-3-5-7-16)26-13-15-8-9-24-17(12-15)28-14-19(20,21)22/h3-9,12H,2,10-11,13-14H2,1H3,(H2,23,25,26). The van der Waals surface area contributed by atoms with Crippen molar-refractivity contribution >= 4 is 5.96 Å². The molecule has 0 atom stereocenters. The molecule has 152 valence electrons. The Morgan fingerprint density at radius 2 is 1.89 bits per heavy atom. The minimum absolute atomic E-state index is 0.0840. The summed E-state index contributed by atoms with van der Waals surface area (Å²) in [4.78, 5) is 8.19. The number of rotatable bonds is 9. The number of benzene rings is 1. The average Bonchev–Trinajstić information content (AvgIpc) is 2.68. The van der Waals surface area contributed by atoms with Crippen LogP contribution in [0.2, 0.25) is 0 Å². The number of hydrogen-bond donors (Lipinski definition) is 2. The topological polar surface area (TPSA) is 67.8 Å². The highest BCUT2D eigenvalue weighted by Gasteiger charge is 2.28. The predicted octanol–water partition coefficient (Wildman–Crippen LogP) is 3.16. The molecular formula is C19H23F3N4O2. The Bertz CT molecular complexity index is 739. The maximum atomic E-state index is 12.2. The molecule has 0 bridgehead atoms. The molecule has 2 N–H and O–H groups in total. The summed E-state index contributed by atoms with van der Waals surface area (Å²) < 4.78 is 47.0. The first-order valence-electron chi connectivity index (χ1n) is 8.81. The lowest BCUT2D eigenvalue weighted by Crippen LogP contribution is -2.39. The number of hydrogen-bond acceptors (Lipinski definition) is 4. The van der Waals surface area contributed by atoms with Crippen molar-refractivity contribution in [2.24, 2.45) is 4.99 Å². The highest BCUT2D eigenvalue weighted by Crippen LogP contribution is 2.17. The van der Waals surface area contributed by atoms with Crippen LogP contribution in [0.25, 0.3) is 0 Å². The van der Waals surface area contributed by atoms with E-state index in [1.54, 1.807) is 6.07 Å². The molecule has 0 saturated carbocycles. The Balaban J connectivity index is 1.84. The first kappa shape index (κ1) is 21.3. The van der Waals surface area contributed by atoms with Crippen LogP contribution in [-0.4, -0.2) is 43.4 Å². The van der Waals surface area contributed by atoms with Gasteiger partial charge in [0, 0.05) is 18.8 Å². The summed E-state index contributed by atoms with van der Waals surface area (Å²) in [7, 11) is 0.